The summed E-state index contributed by atoms with van der Waals surface area (Å²) in [5.74, 6) is -2.15. The van der Waals surface area contributed by atoms with E-state index in [4.69, 9.17) is 6.57 Å². The van der Waals surface area contributed by atoms with Gasteiger partial charge in [0.2, 0.25) is 0 Å². The number of nitrogens with zero attached hydrogens (tertiary/aromatic N) is 3. The van der Waals surface area contributed by atoms with E-state index in [1.807, 2.05) is 12.1 Å². The molecule has 3 rings (SSSR count). The molecule has 0 saturated carbocycles. The molecule has 5 heteroatoms. The van der Waals surface area contributed by atoms with Crippen molar-refractivity contribution in [3.05, 3.63) is 95.3 Å². The zero-order chi connectivity index (χ0) is 17.8. The lowest BCUT2D eigenvalue weighted by Crippen LogP contribution is -2.12. The number of halogens is 2. The number of nitriles is 1. The van der Waals surface area contributed by atoms with E-state index in [0.717, 1.165) is 6.07 Å². The monoisotopic (exact) mass is 331 g/mol. The Balaban J connectivity index is 2.33. The topological polar surface area (TPSA) is 31.4 Å². The van der Waals surface area contributed by atoms with E-state index in [1.54, 1.807) is 59.5 Å². The highest BCUT2D eigenvalue weighted by Crippen LogP contribution is 2.40. The average molecular weight is 331 g/mol. The summed E-state index contributed by atoms with van der Waals surface area (Å²) in [5, 5.41) is 9.41. The Kier molecular flexibility index (Phi) is 4.41. The van der Waals surface area contributed by atoms with E-state index in [1.165, 1.54) is 0 Å². The summed E-state index contributed by atoms with van der Waals surface area (Å²) in [7, 11) is 0. The van der Waals surface area contributed by atoms with Crippen LogP contribution in [0.4, 0.5) is 31.5 Å². The fraction of sp³-hybridized carbons (Fsp3) is 0. The fourth-order valence-corrected chi connectivity index (χ4v) is 2.56. The molecule has 120 valence electrons. The second-order valence-electron chi connectivity index (χ2n) is 5.15. The van der Waals surface area contributed by atoms with Gasteiger partial charge in [0.15, 0.2) is 5.82 Å². The van der Waals surface area contributed by atoms with E-state index in [0.29, 0.717) is 11.4 Å². The predicted molar refractivity (Wildman–Crippen MR) is 92.0 cm³/mol. The molecule has 0 N–H and O–H groups in total. The van der Waals surface area contributed by atoms with Crippen molar-refractivity contribution in [1.29, 1.82) is 5.26 Å². The normalized spacial score (nSPS) is 9.92. The number of hydrogen-bond acceptors (Lipinski definition) is 2. The lowest BCUT2D eigenvalue weighted by Gasteiger charge is -2.26. The molecule has 0 amide bonds. The van der Waals surface area contributed by atoms with Crippen LogP contribution in [0.15, 0.2) is 66.7 Å². The molecule has 0 radical (unpaired) electrons. The SMILES string of the molecule is [C-]#[N+]c1c(F)cc(N(c2ccccc2)c2ccccc2)c(C#N)c1F. The molecule has 0 aromatic heterocycles. The molecule has 3 aromatic carbocycles. The molecule has 0 atom stereocenters. The van der Waals surface area contributed by atoms with Crippen LogP contribution >= 0.6 is 0 Å². The van der Waals surface area contributed by atoms with Gasteiger partial charge in [0.25, 0.3) is 5.69 Å². The van der Waals surface area contributed by atoms with E-state index in [-0.39, 0.29) is 11.3 Å². The van der Waals surface area contributed by atoms with Crippen LogP contribution in [0.25, 0.3) is 4.85 Å². The Hall–Kier alpha value is -3.70. The molecule has 0 bridgehead atoms. The minimum absolute atomic E-state index is 0.0438. The van der Waals surface area contributed by atoms with Crippen LogP contribution in [0, 0.1) is 29.5 Å². The molecule has 0 aliphatic carbocycles. The van der Waals surface area contributed by atoms with E-state index in [2.05, 4.69) is 4.85 Å². The maximum atomic E-state index is 14.5. The van der Waals surface area contributed by atoms with Crippen LogP contribution in [0.5, 0.6) is 0 Å². The van der Waals surface area contributed by atoms with Crippen molar-refractivity contribution >= 4 is 22.7 Å². The maximum absolute atomic E-state index is 14.5. The summed E-state index contributed by atoms with van der Waals surface area (Å²) >= 11 is 0. The summed E-state index contributed by atoms with van der Waals surface area (Å²) in [5.41, 5.74) is 0.169. The Labute approximate surface area is 143 Å². The third-order valence-corrected chi connectivity index (χ3v) is 3.67. The number of hydrogen-bond donors (Lipinski definition) is 0. The minimum atomic E-state index is -1.15. The van der Waals surface area contributed by atoms with Gasteiger partial charge < -0.3 is 4.90 Å². The zero-order valence-corrected chi connectivity index (χ0v) is 12.9. The molecule has 25 heavy (non-hydrogen) atoms. The summed E-state index contributed by atoms with van der Waals surface area (Å²) in [6, 6.07) is 20.7. The Morgan fingerprint density at radius 2 is 1.44 bits per heavy atom. The lowest BCUT2D eigenvalue weighted by molar-refractivity contribution is 0.592. The third kappa shape index (κ3) is 2.91. The highest BCUT2D eigenvalue weighted by atomic mass is 19.1. The van der Waals surface area contributed by atoms with E-state index in [9.17, 15) is 14.0 Å². The molecular formula is C20H11F2N3. The molecular weight excluding hydrogens is 320 g/mol. The van der Waals surface area contributed by atoms with E-state index < -0.39 is 17.3 Å². The van der Waals surface area contributed by atoms with Crippen molar-refractivity contribution in [2.75, 3.05) is 4.90 Å². The zero-order valence-electron chi connectivity index (χ0n) is 12.9. The summed E-state index contributed by atoms with van der Waals surface area (Å²) in [6.45, 7) is 6.93. The summed E-state index contributed by atoms with van der Waals surface area (Å²) in [4.78, 5) is 4.44. The van der Waals surface area contributed by atoms with Gasteiger partial charge in [-0.2, -0.15) is 5.26 Å². The number of benzene rings is 3. The first-order valence-corrected chi connectivity index (χ1v) is 7.37. The highest BCUT2D eigenvalue weighted by molar-refractivity contribution is 5.81. The van der Waals surface area contributed by atoms with Crippen molar-refractivity contribution < 1.29 is 8.78 Å². The molecule has 0 aliphatic heterocycles. The Morgan fingerprint density at radius 1 is 0.920 bits per heavy atom. The quantitative estimate of drug-likeness (QED) is 0.563. The van der Waals surface area contributed by atoms with Gasteiger partial charge >= 0.3 is 0 Å². The van der Waals surface area contributed by atoms with Gasteiger partial charge in [-0.3, -0.25) is 0 Å². The second kappa shape index (κ2) is 6.82. The lowest BCUT2D eigenvalue weighted by atomic mass is 10.1. The minimum Gasteiger partial charge on any atom is -0.309 e. The standard InChI is InChI=1S/C20H11F2N3/c1-24-20-17(21)12-18(16(13-23)19(20)22)25(14-8-4-2-5-9-14)15-10-6-3-7-11-15/h2-12H. The molecule has 0 heterocycles. The third-order valence-electron chi connectivity index (χ3n) is 3.67. The van der Waals surface area contributed by atoms with Crippen LogP contribution in [-0.4, -0.2) is 0 Å². The molecule has 0 spiro atoms. The Bertz CT molecular complexity index is 948. The van der Waals surface area contributed by atoms with Gasteiger partial charge in [0, 0.05) is 11.4 Å². The molecule has 0 unspecified atom stereocenters. The van der Waals surface area contributed by atoms with Gasteiger partial charge in [-0.05, 0) is 30.3 Å². The van der Waals surface area contributed by atoms with E-state index >= 15 is 0 Å². The number of rotatable bonds is 3. The molecule has 3 aromatic rings. The predicted octanol–water partition coefficient (Wildman–Crippen LogP) is 5.86. The highest BCUT2D eigenvalue weighted by Gasteiger charge is 2.24. The van der Waals surface area contributed by atoms with Crippen molar-refractivity contribution in [1.82, 2.24) is 0 Å². The van der Waals surface area contributed by atoms with Gasteiger partial charge in [-0.15, -0.1) is 0 Å². The average Bonchev–Trinajstić information content (AvgIpc) is 2.64. The molecule has 0 fully saturated rings. The van der Waals surface area contributed by atoms with Crippen molar-refractivity contribution in [3.8, 4) is 6.07 Å². The van der Waals surface area contributed by atoms with Gasteiger partial charge in [0.05, 0.1) is 12.3 Å². The molecule has 0 aliphatic rings. The van der Waals surface area contributed by atoms with Gasteiger partial charge in [0.1, 0.15) is 17.4 Å². The maximum Gasteiger partial charge on any atom is 0.258 e. The van der Waals surface area contributed by atoms with Crippen molar-refractivity contribution in [2.45, 2.75) is 0 Å². The largest absolute Gasteiger partial charge is 0.309 e. The molecule has 3 nitrogen and oxygen atoms in total. The Morgan fingerprint density at radius 3 is 1.88 bits per heavy atom. The van der Waals surface area contributed by atoms with Crippen molar-refractivity contribution in [3.63, 3.8) is 0 Å². The van der Waals surface area contributed by atoms with Crippen LogP contribution in [-0.2, 0) is 0 Å². The van der Waals surface area contributed by atoms with Gasteiger partial charge in [-0.25, -0.2) is 13.6 Å². The summed E-state index contributed by atoms with van der Waals surface area (Å²) < 4.78 is 28.7. The first-order chi connectivity index (χ1) is 12.2. The van der Waals surface area contributed by atoms with Crippen LogP contribution in [0.3, 0.4) is 0 Å². The number of anilines is 3. The number of para-hydroxylation sites is 2. The fourth-order valence-electron chi connectivity index (χ4n) is 2.56. The second-order valence-corrected chi connectivity index (χ2v) is 5.15. The molecule has 0 saturated heterocycles. The van der Waals surface area contributed by atoms with Crippen LogP contribution < -0.4 is 4.90 Å². The smallest absolute Gasteiger partial charge is 0.258 e. The van der Waals surface area contributed by atoms with Crippen LogP contribution in [0.1, 0.15) is 5.56 Å². The van der Waals surface area contributed by atoms with Gasteiger partial charge in [-0.1, -0.05) is 36.4 Å². The van der Waals surface area contributed by atoms with Crippen molar-refractivity contribution in [2.24, 2.45) is 0 Å². The first-order valence-electron chi connectivity index (χ1n) is 7.37. The van der Waals surface area contributed by atoms with Crippen LogP contribution in [0.2, 0.25) is 0 Å². The summed E-state index contributed by atoms with van der Waals surface area (Å²) in [6.07, 6.45) is 0. The first kappa shape index (κ1) is 16.2.